The Morgan fingerprint density at radius 3 is 2.77 bits per heavy atom. The molecular weight excluding hydrogens is 461 g/mol. The highest BCUT2D eigenvalue weighted by Gasteiger charge is 2.21. The van der Waals surface area contributed by atoms with Crippen LogP contribution in [0.5, 0.6) is 0 Å². The van der Waals surface area contributed by atoms with E-state index in [1.165, 1.54) is 4.88 Å². The van der Waals surface area contributed by atoms with E-state index in [-0.39, 0.29) is 24.0 Å². The molecule has 1 aliphatic heterocycles. The van der Waals surface area contributed by atoms with Crippen LogP contribution in [-0.4, -0.2) is 38.8 Å². The third-order valence-corrected chi connectivity index (χ3v) is 5.63. The number of aliphatic imine (C=N–C) groups is 1. The normalized spacial score (nSPS) is 16.8. The van der Waals surface area contributed by atoms with Crippen LogP contribution in [-0.2, 0) is 19.5 Å². The minimum atomic E-state index is 0. The smallest absolute Gasteiger partial charge is 0.191 e. The summed E-state index contributed by atoms with van der Waals surface area (Å²) in [5.74, 6) is 3.55. The van der Waals surface area contributed by atoms with Gasteiger partial charge in [0.15, 0.2) is 5.96 Å². The van der Waals surface area contributed by atoms with Gasteiger partial charge in [0, 0.05) is 30.9 Å². The number of fused-ring (bicyclic) bond motifs is 1. The van der Waals surface area contributed by atoms with Crippen LogP contribution in [0.15, 0.2) is 4.99 Å². The number of hydrogen-bond donors (Lipinski definition) is 2. The molecule has 0 amide bonds. The number of aryl methyl sites for hydroxylation is 4. The third-order valence-electron chi connectivity index (χ3n) is 4.58. The van der Waals surface area contributed by atoms with Crippen molar-refractivity contribution in [2.75, 3.05) is 13.1 Å². The van der Waals surface area contributed by atoms with Gasteiger partial charge in [-0.15, -0.1) is 45.5 Å². The summed E-state index contributed by atoms with van der Waals surface area (Å²) in [6.45, 7) is 11.6. The fourth-order valence-electron chi connectivity index (χ4n) is 3.03. The maximum atomic E-state index is 4.69. The van der Waals surface area contributed by atoms with Crippen LogP contribution in [0.1, 0.15) is 40.6 Å². The molecule has 9 heteroatoms. The zero-order valence-corrected chi connectivity index (χ0v) is 19.0. The molecule has 3 rings (SSSR count). The van der Waals surface area contributed by atoms with Gasteiger partial charge in [-0.1, -0.05) is 0 Å². The van der Waals surface area contributed by atoms with Gasteiger partial charge >= 0.3 is 0 Å². The lowest BCUT2D eigenvalue weighted by molar-refractivity contribution is 0.358. The summed E-state index contributed by atoms with van der Waals surface area (Å²) in [4.78, 5) is 10.5. The Balaban J connectivity index is 0.00000243. The maximum Gasteiger partial charge on any atom is 0.191 e. The van der Waals surface area contributed by atoms with Crippen molar-refractivity contribution in [2.24, 2.45) is 10.9 Å². The van der Waals surface area contributed by atoms with E-state index in [1.54, 1.807) is 11.3 Å². The number of guanidine groups is 1. The number of aromatic nitrogens is 4. The quantitative estimate of drug-likeness (QED) is 0.384. The molecule has 0 radical (unpaired) electrons. The lowest BCUT2D eigenvalue weighted by Crippen LogP contribution is -2.41. The first-order valence-corrected chi connectivity index (χ1v) is 9.72. The fraction of sp³-hybridized carbons (Fsp3) is 0.647. The molecule has 2 aromatic rings. The first kappa shape index (κ1) is 21.1. The average Bonchev–Trinajstić information content (AvgIpc) is 3.13. The molecule has 26 heavy (non-hydrogen) atoms. The fourth-order valence-corrected chi connectivity index (χ4v) is 3.89. The van der Waals surface area contributed by atoms with Crippen molar-refractivity contribution < 1.29 is 0 Å². The second kappa shape index (κ2) is 9.63. The van der Waals surface area contributed by atoms with E-state index in [2.05, 4.69) is 49.2 Å². The molecule has 1 atom stereocenters. The summed E-state index contributed by atoms with van der Waals surface area (Å²) in [6, 6.07) is 0. The van der Waals surface area contributed by atoms with Gasteiger partial charge in [-0.2, -0.15) is 0 Å². The van der Waals surface area contributed by atoms with Crippen LogP contribution in [0.2, 0.25) is 0 Å². The highest BCUT2D eigenvalue weighted by Crippen LogP contribution is 2.19. The number of halogens is 1. The monoisotopic (exact) mass is 489 g/mol. The molecule has 144 valence electrons. The van der Waals surface area contributed by atoms with E-state index >= 15 is 0 Å². The minimum absolute atomic E-state index is 0. The lowest BCUT2D eigenvalue weighted by Gasteiger charge is -2.25. The van der Waals surface area contributed by atoms with E-state index < -0.39 is 0 Å². The van der Waals surface area contributed by atoms with Gasteiger partial charge in [0.25, 0.3) is 0 Å². The lowest BCUT2D eigenvalue weighted by atomic mass is 9.99. The Labute approximate surface area is 176 Å². The molecule has 0 fully saturated rings. The van der Waals surface area contributed by atoms with Crippen LogP contribution in [0.3, 0.4) is 0 Å². The molecule has 0 aliphatic carbocycles. The Kier molecular flexibility index (Phi) is 7.81. The summed E-state index contributed by atoms with van der Waals surface area (Å²) < 4.78 is 2.24. The summed E-state index contributed by atoms with van der Waals surface area (Å²) in [7, 11) is 0. The molecule has 0 spiro atoms. The Bertz CT molecular complexity index is 733. The zero-order valence-electron chi connectivity index (χ0n) is 15.9. The van der Waals surface area contributed by atoms with Crippen LogP contribution >= 0.6 is 35.3 Å². The number of thiazole rings is 1. The van der Waals surface area contributed by atoms with Crippen molar-refractivity contribution in [3.63, 3.8) is 0 Å². The zero-order chi connectivity index (χ0) is 17.8. The molecule has 0 saturated heterocycles. The second-order valence-electron chi connectivity index (χ2n) is 6.50. The molecule has 0 bridgehead atoms. The van der Waals surface area contributed by atoms with Gasteiger partial charge in [0.1, 0.15) is 16.7 Å². The van der Waals surface area contributed by atoms with Crippen molar-refractivity contribution in [1.29, 1.82) is 0 Å². The van der Waals surface area contributed by atoms with Crippen molar-refractivity contribution in [3.05, 3.63) is 27.2 Å². The van der Waals surface area contributed by atoms with E-state index in [1.807, 2.05) is 13.8 Å². The summed E-state index contributed by atoms with van der Waals surface area (Å²) in [5.41, 5.74) is 1.11. The first-order valence-electron chi connectivity index (χ1n) is 8.90. The standard InChI is InChI=1S/C17H27N7S.HI/c1-5-18-17(20-9-16-21-11(2)12(3)25-16)19-8-14-6-7-15-23-22-13(4)24(15)10-14;/h14H,5-10H2,1-4H3,(H2,18,19,20);1H. The molecular formula is C17H28IN7S. The topological polar surface area (TPSA) is 80.0 Å². The average molecular weight is 489 g/mol. The predicted octanol–water partition coefficient (Wildman–Crippen LogP) is 2.60. The predicted molar refractivity (Wildman–Crippen MR) is 116 cm³/mol. The largest absolute Gasteiger partial charge is 0.357 e. The molecule has 1 unspecified atom stereocenters. The second-order valence-corrected chi connectivity index (χ2v) is 7.79. The molecule has 3 heterocycles. The Hall–Kier alpha value is -1.23. The van der Waals surface area contributed by atoms with Gasteiger partial charge in [-0.05, 0) is 40.0 Å². The van der Waals surface area contributed by atoms with E-state index in [0.29, 0.717) is 12.5 Å². The van der Waals surface area contributed by atoms with Gasteiger partial charge in [0.2, 0.25) is 0 Å². The molecule has 1 aliphatic rings. The van der Waals surface area contributed by atoms with Gasteiger partial charge in [0.05, 0.1) is 12.2 Å². The van der Waals surface area contributed by atoms with Crippen molar-refractivity contribution in [2.45, 2.75) is 53.6 Å². The molecule has 2 N–H and O–H groups in total. The Morgan fingerprint density at radius 2 is 2.08 bits per heavy atom. The van der Waals surface area contributed by atoms with E-state index in [4.69, 9.17) is 0 Å². The van der Waals surface area contributed by atoms with Gasteiger partial charge < -0.3 is 15.2 Å². The van der Waals surface area contributed by atoms with Crippen molar-refractivity contribution in [3.8, 4) is 0 Å². The van der Waals surface area contributed by atoms with Crippen LogP contribution in [0, 0.1) is 26.7 Å². The minimum Gasteiger partial charge on any atom is -0.357 e. The summed E-state index contributed by atoms with van der Waals surface area (Å²) in [6.07, 6.45) is 2.13. The van der Waals surface area contributed by atoms with E-state index in [9.17, 15) is 0 Å². The van der Waals surface area contributed by atoms with Gasteiger partial charge in [-0.3, -0.25) is 0 Å². The highest BCUT2D eigenvalue weighted by atomic mass is 127. The number of nitrogens with zero attached hydrogens (tertiary/aromatic N) is 5. The molecule has 7 nitrogen and oxygen atoms in total. The molecule has 2 aromatic heterocycles. The maximum absolute atomic E-state index is 4.69. The summed E-state index contributed by atoms with van der Waals surface area (Å²) in [5, 5.41) is 16.3. The highest BCUT2D eigenvalue weighted by molar-refractivity contribution is 14.0. The first-order chi connectivity index (χ1) is 12.1. The van der Waals surface area contributed by atoms with Crippen molar-refractivity contribution >= 4 is 41.3 Å². The molecule has 0 aromatic carbocycles. The van der Waals surface area contributed by atoms with Gasteiger partial charge in [-0.25, -0.2) is 9.98 Å². The summed E-state index contributed by atoms with van der Waals surface area (Å²) >= 11 is 1.72. The SMILES string of the molecule is CCNC(=NCc1nc(C)c(C)s1)NCC1CCc2nnc(C)n2C1.I. The molecule has 0 saturated carbocycles. The Morgan fingerprint density at radius 1 is 1.27 bits per heavy atom. The van der Waals surface area contributed by atoms with Crippen molar-refractivity contribution in [1.82, 2.24) is 30.4 Å². The van der Waals surface area contributed by atoms with Crippen LogP contribution in [0.25, 0.3) is 0 Å². The van der Waals surface area contributed by atoms with Crippen LogP contribution in [0.4, 0.5) is 0 Å². The third kappa shape index (κ3) is 5.15. The number of rotatable bonds is 5. The van der Waals surface area contributed by atoms with Crippen LogP contribution < -0.4 is 10.6 Å². The number of hydrogen-bond acceptors (Lipinski definition) is 5. The van der Waals surface area contributed by atoms with E-state index in [0.717, 1.165) is 60.8 Å². The number of nitrogens with one attached hydrogen (secondary N) is 2.